The second-order valence-corrected chi connectivity index (χ2v) is 4.34. The fourth-order valence-electron chi connectivity index (χ4n) is 0.937. The summed E-state index contributed by atoms with van der Waals surface area (Å²) in [6.45, 7) is 4.59. The average molecular weight is 173 g/mol. The Bertz CT molecular complexity index is 119. The van der Waals surface area contributed by atoms with Gasteiger partial charge >= 0.3 is 0 Å². The van der Waals surface area contributed by atoms with Gasteiger partial charge in [0.2, 0.25) is 0 Å². The molecule has 0 fully saturated rings. The Morgan fingerprint density at radius 2 is 2.00 bits per heavy atom. The fourth-order valence-corrected chi connectivity index (χ4v) is 2.01. The summed E-state index contributed by atoms with van der Waals surface area (Å²) in [6, 6.07) is 0. The molecule has 0 saturated carbocycles. The molecule has 1 aliphatic rings. The van der Waals surface area contributed by atoms with E-state index in [0.717, 1.165) is 0 Å². The zero-order chi connectivity index (χ0) is 8.74. The Balaban J connectivity index is 0.000000461. The predicted octanol–water partition coefficient (Wildman–Crippen LogP) is 2.28. The van der Waals surface area contributed by atoms with Gasteiger partial charge in [-0.3, -0.25) is 0 Å². The molecule has 2 heteroatoms. The molecule has 1 heterocycles. The zero-order valence-electron chi connectivity index (χ0n) is 7.76. The van der Waals surface area contributed by atoms with Crippen LogP contribution in [0.5, 0.6) is 0 Å². The molecule has 0 aromatic heterocycles. The summed E-state index contributed by atoms with van der Waals surface area (Å²) in [5.74, 6) is 2.59. The molecule has 1 rings (SSSR count). The van der Waals surface area contributed by atoms with Crippen molar-refractivity contribution in [1.29, 1.82) is 0 Å². The van der Waals surface area contributed by atoms with Crippen LogP contribution in [0.15, 0.2) is 12.2 Å². The molecule has 0 unspecified atom stereocenters. The SMILES string of the molecule is CC1(C)C=CCCSC1.CN. The molecule has 66 valence electrons. The van der Waals surface area contributed by atoms with Gasteiger partial charge in [0.1, 0.15) is 0 Å². The summed E-state index contributed by atoms with van der Waals surface area (Å²) in [5.41, 5.74) is 4.95. The Morgan fingerprint density at radius 3 is 2.64 bits per heavy atom. The molecule has 0 aromatic rings. The van der Waals surface area contributed by atoms with Gasteiger partial charge in [0, 0.05) is 5.75 Å². The van der Waals surface area contributed by atoms with Crippen LogP contribution in [-0.2, 0) is 0 Å². The van der Waals surface area contributed by atoms with Gasteiger partial charge in [0.05, 0.1) is 0 Å². The zero-order valence-corrected chi connectivity index (χ0v) is 8.58. The molecule has 0 aliphatic carbocycles. The van der Waals surface area contributed by atoms with Gasteiger partial charge in [-0.25, -0.2) is 0 Å². The van der Waals surface area contributed by atoms with Crippen molar-refractivity contribution in [3.8, 4) is 0 Å². The lowest BCUT2D eigenvalue weighted by molar-refractivity contribution is 0.557. The summed E-state index contributed by atoms with van der Waals surface area (Å²) >= 11 is 2.06. The Labute approximate surface area is 74.4 Å². The van der Waals surface area contributed by atoms with E-state index >= 15 is 0 Å². The molecule has 0 aromatic carbocycles. The van der Waals surface area contributed by atoms with Crippen LogP contribution in [0.1, 0.15) is 20.3 Å². The number of hydrogen-bond acceptors (Lipinski definition) is 2. The molecule has 0 saturated heterocycles. The summed E-state index contributed by atoms with van der Waals surface area (Å²) in [7, 11) is 1.50. The number of rotatable bonds is 0. The highest BCUT2D eigenvalue weighted by molar-refractivity contribution is 7.99. The van der Waals surface area contributed by atoms with Crippen molar-refractivity contribution in [2.75, 3.05) is 18.6 Å². The molecule has 0 spiro atoms. The van der Waals surface area contributed by atoms with Gasteiger partial charge in [0.15, 0.2) is 0 Å². The molecule has 0 radical (unpaired) electrons. The molecule has 2 N–H and O–H groups in total. The van der Waals surface area contributed by atoms with E-state index in [1.165, 1.54) is 25.0 Å². The van der Waals surface area contributed by atoms with E-state index in [4.69, 9.17) is 0 Å². The van der Waals surface area contributed by atoms with Crippen LogP contribution in [0, 0.1) is 5.41 Å². The minimum Gasteiger partial charge on any atom is -0.333 e. The van der Waals surface area contributed by atoms with E-state index in [2.05, 4.69) is 43.5 Å². The third kappa shape index (κ3) is 5.33. The largest absolute Gasteiger partial charge is 0.333 e. The van der Waals surface area contributed by atoms with Crippen molar-refractivity contribution in [3.63, 3.8) is 0 Å². The third-order valence-electron chi connectivity index (χ3n) is 1.47. The second-order valence-electron chi connectivity index (χ2n) is 3.23. The van der Waals surface area contributed by atoms with Crippen LogP contribution in [0.3, 0.4) is 0 Å². The molecule has 0 amide bonds. The van der Waals surface area contributed by atoms with Crippen LogP contribution >= 0.6 is 11.8 Å². The van der Waals surface area contributed by atoms with Gasteiger partial charge in [-0.15, -0.1) is 0 Å². The lowest BCUT2D eigenvalue weighted by Gasteiger charge is -2.16. The third-order valence-corrected chi connectivity index (χ3v) is 2.94. The van der Waals surface area contributed by atoms with E-state index in [1.54, 1.807) is 0 Å². The quantitative estimate of drug-likeness (QED) is 0.569. The van der Waals surface area contributed by atoms with Crippen LogP contribution < -0.4 is 5.73 Å². The van der Waals surface area contributed by atoms with Crippen LogP contribution in [-0.4, -0.2) is 18.6 Å². The maximum atomic E-state index is 4.50. The van der Waals surface area contributed by atoms with Crippen molar-refractivity contribution in [1.82, 2.24) is 0 Å². The van der Waals surface area contributed by atoms with Gasteiger partial charge in [0.25, 0.3) is 0 Å². The van der Waals surface area contributed by atoms with Crippen molar-refractivity contribution in [2.24, 2.45) is 11.1 Å². The number of hydrogen-bond donors (Lipinski definition) is 1. The van der Waals surface area contributed by atoms with Crippen LogP contribution in [0.4, 0.5) is 0 Å². The van der Waals surface area contributed by atoms with Crippen molar-refractivity contribution >= 4 is 11.8 Å². The van der Waals surface area contributed by atoms with Gasteiger partial charge in [-0.1, -0.05) is 26.0 Å². The van der Waals surface area contributed by atoms with Gasteiger partial charge < -0.3 is 5.73 Å². The highest BCUT2D eigenvalue weighted by Gasteiger charge is 2.14. The van der Waals surface area contributed by atoms with E-state index in [1.807, 2.05) is 0 Å². The number of nitrogens with two attached hydrogens (primary N) is 1. The Hall–Kier alpha value is 0.0500. The van der Waals surface area contributed by atoms with Crippen LogP contribution in [0.25, 0.3) is 0 Å². The first-order chi connectivity index (χ1) is 5.21. The normalized spacial score (nSPS) is 21.5. The summed E-state index contributed by atoms with van der Waals surface area (Å²) < 4.78 is 0. The Kier molecular flexibility index (Phi) is 5.69. The highest BCUT2D eigenvalue weighted by atomic mass is 32.2. The summed E-state index contributed by atoms with van der Waals surface area (Å²) in [6.07, 6.45) is 5.90. The predicted molar refractivity (Wildman–Crippen MR) is 55.0 cm³/mol. The lowest BCUT2D eigenvalue weighted by Crippen LogP contribution is -2.09. The molecular weight excluding hydrogens is 154 g/mol. The summed E-state index contributed by atoms with van der Waals surface area (Å²) in [4.78, 5) is 0. The lowest BCUT2D eigenvalue weighted by atomic mass is 9.96. The number of thioether (sulfide) groups is 1. The minimum absolute atomic E-state index is 0.446. The van der Waals surface area contributed by atoms with Gasteiger partial charge in [-0.2, -0.15) is 11.8 Å². The minimum atomic E-state index is 0.446. The number of allylic oxidation sites excluding steroid dienone is 2. The van der Waals surface area contributed by atoms with Crippen LogP contribution in [0.2, 0.25) is 0 Å². The topological polar surface area (TPSA) is 26.0 Å². The first-order valence-electron chi connectivity index (χ1n) is 4.04. The second kappa shape index (κ2) is 5.67. The van der Waals surface area contributed by atoms with E-state index < -0.39 is 0 Å². The summed E-state index contributed by atoms with van der Waals surface area (Å²) in [5, 5.41) is 0. The first kappa shape index (κ1) is 11.1. The average Bonchev–Trinajstić information content (AvgIpc) is 2.17. The monoisotopic (exact) mass is 173 g/mol. The fraction of sp³-hybridized carbons (Fsp3) is 0.778. The Morgan fingerprint density at radius 1 is 1.36 bits per heavy atom. The molecule has 11 heavy (non-hydrogen) atoms. The molecule has 1 nitrogen and oxygen atoms in total. The highest BCUT2D eigenvalue weighted by Crippen LogP contribution is 2.26. The maximum Gasteiger partial charge on any atom is 0.00187 e. The first-order valence-corrected chi connectivity index (χ1v) is 5.19. The van der Waals surface area contributed by atoms with Gasteiger partial charge in [-0.05, 0) is 24.6 Å². The van der Waals surface area contributed by atoms with Crippen molar-refractivity contribution in [3.05, 3.63) is 12.2 Å². The molecule has 1 aliphatic heterocycles. The van der Waals surface area contributed by atoms with E-state index in [0.29, 0.717) is 5.41 Å². The molecule has 0 bridgehead atoms. The maximum absolute atomic E-state index is 4.50. The van der Waals surface area contributed by atoms with Crippen molar-refractivity contribution in [2.45, 2.75) is 20.3 Å². The molecular formula is C9H19NS. The van der Waals surface area contributed by atoms with E-state index in [-0.39, 0.29) is 0 Å². The molecule has 0 atom stereocenters. The standard InChI is InChI=1S/C8H14S.CH5N/c1-8(2)5-3-4-6-9-7-8;1-2/h3,5H,4,6-7H2,1-2H3;2H2,1H3. The van der Waals surface area contributed by atoms with Crippen molar-refractivity contribution < 1.29 is 0 Å². The smallest absolute Gasteiger partial charge is 0.00187 e. The van der Waals surface area contributed by atoms with E-state index in [9.17, 15) is 0 Å².